The summed E-state index contributed by atoms with van der Waals surface area (Å²) in [5.41, 5.74) is 11.5. The first kappa shape index (κ1) is 14.2. The van der Waals surface area contributed by atoms with E-state index in [0.717, 1.165) is 16.8 Å². The highest BCUT2D eigenvalue weighted by molar-refractivity contribution is 5.95. The van der Waals surface area contributed by atoms with Gasteiger partial charge < -0.3 is 0 Å². The van der Waals surface area contributed by atoms with Crippen LogP contribution in [0.3, 0.4) is 0 Å². The molecule has 0 bridgehead atoms. The summed E-state index contributed by atoms with van der Waals surface area (Å²) in [6.07, 6.45) is 0.394. The van der Waals surface area contributed by atoms with Gasteiger partial charge in [-0.3, -0.25) is 14.8 Å². The number of carbonyl (C=O) groups is 1. The molecule has 1 N–H and O–H groups in total. The Morgan fingerprint density at radius 3 is 3.09 bits per heavy atom. The summed E-state index contributed by atoms with van der Waals surface area (Å²) in [5.74, 6) is 0.690. The average Bonchev–Trinajstić information content (AvgIpc) is 3.12. The van der Waals surface area contributed by atoms with E-state index < -0.39 is 0 Å². The zero-order valence-corrected chi connectivity index (χ0v) is 12.2. The number of amides is 1. The van der Waals surface area contributed by atoms with Crippen molar-refractivity contribution in [3.05, 3.63) is 46.3 Å². The smallest absolute Gasteiger partial charge is 0.228 e. The number of anilines is 1. The molecule has 1 aliphatic heterocycles. The van der Waals surface area contributed by atoms with Gasteiger partial charge in [-0.2, -0.15) is 5.10 Å². The molecule has 0 radical (unpaired) electrons. The molecule has 7 heteroatoms. The lowest BCUT2D eigenvalue weighted by atomic mass is 10.1. The highest BCUT2D eigenvalue weighted by atomic mass is 16.2. The topological polar surface area (TPSA) is 97.8 Å². The van der Waals surface area contributed by atoms with Gasteiger partial charge in [-0.25, -0.2) is 0 Å². The van der Waals surface area contributed by atoms with Gasteiger partial charge in [-0.1, -0.05) is 29.4 Å². The second kappa shape index (κ2) is 5.91. The van der Waals surface area contributed by atoms with Gasteiger partial charge in [0.05, 0.1) is 5.69 Å². The molecule has 3 rings (SSSR count). The van der Waals surface area contributed by atoms with E-state index in [2.05, 4.69) is 20.2 Å². The van der Waals surface area contributed by atoms with Crippen LogP contribution in [0.5, 0.6) is 0 Å². The van der Waals surface area contributed by atoms with Gasteiger partial charge in [0.2, 0.25) is 5.91 Å². The number of nitrogens with one attached hydrogen (secondary N) is 1. The lowest BCUT2D eigenvalue weighted by Gasteiger charge is -2.12. The molecule has 2 heterocycles. The van der Waals surface area contributed by atoms with E-state index in [9.17, 15) is 4.79 Å². The maximum absolute atomic E-state index is 12.1. The van der Waals surface area contributed by atoms with E-state index in [-0.39, 0.29) is 11.8 Å². The van der Waals surface area contributed by atoms with E-state index in [1.165, 1.54) is 0 Å². The number of hydrogen-bond donors (Lipinski definition) is 1. The highest BCUT2D eigenvalue weighted by Gasteiger charge is 2.31. The van der Waals surface area contributed by atoms with Gasteiger partial charge in [-0.05, 0) is 23.9 Å². The molecule has 1 amide bonds. The number of azide groups is 1. The number of aromatic nitrogens is 2. The minimum atomic E-state index is 0.0148. The van der Waals surface area contributed by atoms with Gasteiger partial charge in [0.25, 0.3) is 0 Å². The van der Waals surface area contributed by atoms with Crippen LogP contribution < -0.4 is 4.90 Å². The van der Waals surface area contributed by atoms with E-state index in [0.29, 0.717) is 25.3 Å². The SMILES string of the molecule is Cc1ccccc1-c1cc(N2CC(CN=[N+]=[N-])CC2=O)n[nH]1. The third kappa shape index (κ3) is 2.66. The number of nitrogens with zero attached hydrogens (tertiary/aromatic N) is 5. The minimum Gasteiger partial charge on any atom is -0.295 e. The van der Waals surface area contributed by atoms with Gasteiger partial charge in [0, 0.05) is 36.1 Å². The van der Waals surface area contributed by atoms with Crippen molar-refractivity contribution in [2.24, 2.45) is 11.0 Å². The van der Waals surface area contributed by atoms with Crippen molar-refractivity contribution in [1.82, 2.24) is 10.2 Å². The van der Waals surface area contributed by atoms with Crippen LogP contribution in [0.1, 0.15) is 12.0 Å². The molecular formula is C15H16N6O. The maximum atomic E-state index is 12.1. The van der Waals surface area contributed by atoms with Crippen LogP contribution in [0.2, 0.25) is 0 Å². The molecule has 1 aromatic heterocycles. The van der Waals surface area contributed by atoms with Crippen LogP contribution in [0.15, 0.2) is 35.4 Å². The first-order valence-electron chi connectivity index (χ1n) is 7.11. The van der Waals surface area contributed by atoms with Crippen LogP contribution in [0.4, 0.5) is 5.82 Å². The van der Waals surface area contributed by atoms with E-state index in [1.54, 1.807) is 4.90 Å². The number of H-pyrrole nitrogens is 1. The summed E-state index contributed by atoms with van der Waals surface area (Å²) in [6, 6.07) is 9.89. The van der Waals surface area contributed by atoms with Crippen LogP contribution in [0, 0.1) is 12.8 Å². The van der Waals surface area contributed by atoms with Crippen molar-refractivity contribution in [3.8, 4) is 11.3 Å². The molecule has 1 atom stereocenters. The normalized spacial score (nSPS) is 17.6. The Kier molecular flexibility index (Phi) is 3.80. The molecule has 1 saturated heterocycles. The Labute approximate surface area is 127 Å². The summed E-state index contributed by atoms with van der Waals surface area (Å²) in [7, 11) is 0. The fourth-order valence-corrected chi connectivity index (χ4v) is 2.74. The first-order chi connectivity index (χ1) is 10.7. The Hall–Kier alpha value is -2.79. The largest absolute Gasteiger partial charge is 0.295 e. The molecule has 1 aromatic carbocycles. The molecule has 0 saturated carbocycles. The number of benzene rings is 1. The molecule has 0 spiro atoms. The van der Waals surface area contributed by atoms with Gasteiger partial charge in [0.15, 0.2) is 5.82 Å². The Morgan fingerprint density at radius 1 is 1.50 bits per heavy atom. The van der Waals surface area contributed by atoms with Crippen molar-refractivity contribution in [2.45, 2.75) is 13.3 Å². The molecule has 0 aliphatic carbocycles. The number of rotatable bonds is 4. The van der Waals surface area contributed by atoms with Gasteiger partial charge in [-0.15, -0.1) is 0 Å². The number of aromatic amines is 1. The van der Waals surface area contributed by atoms with Crippen molar-refractivity contribution in [1.29, 1.82) is 0 Å². The summed E-state index contributed by atoms with van der Waals surface area (Å²) in [4.78, 5) is 16.5. The van der Waals surface area contributed by atoms with Crippen molar-refractivity contribution in [2.75, 3.05) is 18.0 Å². The predicted molar refractivity (Wildman–Crippen MR) is 83.2 cm³/mol. The third-order valence-electron chi connectivity index (χ3n) is 3.88. The molecule has 112 valence electrons. The molecule has 7 nitrogen and oxygen atoms in total. The van der Waals surface area contributed by atoms with Gasteiger partial charge >= 0.3 is 0 Å². The summed E-state index contributed by atoms with van der Waals surface area (Å²) >= 11 is 0. The Morgan fingerprint density at radius 2 is 2.32 bits per heavy atom. The van der Waals surface area contributed by atoms with E-state index in [1.807, 2.05) is 37.3 Å². The average molecular weight is 296 g/mol. The predicted octanol–water partition coefficient (Wildman–Crippen LogP) is 3.05. The Bertz CT molecular complexity index is 746. The van der Waals surface area contributed by atoms with Crippen molar-refractivity contribution < 1.29 is 4.79 Å². The quantitative estimate of drug-likeness (QED) is 0.533. The first-order valence-corrected chi connectivity index (χ1v) is 7.11. The molecular weight excluding hydrogens is 280 g/mol. The van der Waals surface area contributed by atoms with Gasteiger partial charge in [0.1, 0.15) is 0 Å². The maximum Gasteiger partial charge on any atom is 0.228 e. The molecule has 1 aliphatic rings. The van der Waals surface area contributed by atoms with Crippen molar-refractivity contribution in [3.63, 3.8) is 0 Å². The lowest BCUT2D eigenvalue weighted by molar-refractivity contribution is -0.117. The standard InChI is InChI=1S/C15H16N6O/c1-10-4-2-3-5-12(10)13-7-14(19-18-13)21-9-11(6-15(21)22)8-17-20-16/h2-5,7,11H,6,8-9H2,1H3,(H,18,19). The fourth-order valence-electron chi connectivity index (χ4n) is 2.74. The lowest BCUT2D eigenvalue weighted by Crippen LogP contribution is -2.25. The minimum absolute atomic E-state index is 0.0148. The second-order valence-corrected chi connectivity index (χ2v) is 5.44. The number of hydrogen-bond acceptors (Lipinski definition) is 3. The molecule has 1 fully saturated rings. The second-order valence-electron chi connectivity index (χ2n) is 5.44. The van der Waals surface area contributed by atoms with Crippen LogP contribution in [-0.2, 0) is 4.79 Å². The van der Waals surface area contributed by atoms with Crippen LogP contribution in [0.25, 0.3) is 21.7 Å². The summed E-state index contributed by atoms with van der Waals surface area (Å²) in [6.45, 7) is 2.91. The van der Waals surface area contributed by atoms with E-state index in [4.69, 9.17) is 5.53 Å². The molecule has 1 unspecified atom stereocenters. The zero-order valence-electron chi connectivity index (χ0n) is 12.2. The van der Waals surface area contributed by atoms with E-state index >= 15 is 0 Å². The van der Waals surface area contributed by atoms with Crippen molar-refractivity contribution >= 4 is 11.7 Å². The summed E-state index contributed by atoms with van der Waals surface area (Å²) < 4.78 is 0. The zero-order chi connectivity index (χ0) is 15.5. The Balaban J connectivity index is 1.81. The third-order valence-corrected chi connectivity index (χ3v) is 3.88. The fraction of sp³-hybridized carbons (Fsp3) is 0.333. The van der Waals surface area contributed by atoms with Crippen LogP contribution in [-0.4, -0.2) is 29.2 Å². The monoisotopic (exact) mass is 296 g/mol. The number of carbonyl (C=O) groups excluding carboxylic acids is 1. The molecule has 22 heavy (non-hydrogen) atoms. The summed E-state index contributed by atoms with van der Waals surface area (Å²) in [5, 5.41) is 10.8. The number of aryl methyl sites for hydroxylation is 1. The van der Waals surface area contributed by atoms with Crippen LogP contribution >= 0.6 is 0 Å². The highest BCUT2D eigenvalue weighted by Crippen LogP contribution is 2.28. The molecule has 2 aromatic rings.